The molecule has 3 heteroatoms. The summed E-state index contributed by atoms with van der Waals surface area (Å²) < 4.78 is 1.33. The van der Waals surface area contributed by atoms with Gasteiger partial charge in [-0.1, -0.05) is 24.3 Å². The van der Waals surface area contributed by atoms with Gasteiger partial charge in [0, 0.05) is 9.58 Å². The second-order valence-electron chi connectivity index (χ2n) is 4.28. The molecule has 1 N–H and O–H groups in total. The number of nitrogens with one attached hydrogen (secondary N) is 1. The maximum Gasteiger partial charge on any atom is 0.0931 e. The summed E-state index contributed by atoms with van der Waals surface area (Å²) in [4.78, 5) is 8.72. The Balaban J connectivity index is 1.94. The molecule has 0 atom stereocenters. The van der Waals surface area contributed by atoms with Crippen molar-refractivity contribution < 1.29 is 0 Å². The summed E-state index contributed by atoms with van der Waals surface area (Å²) in [6, 6.07) is 17.1. The van der Waals surface area contributed by atoms with E-state index in [0.717, 1.165) is 11.0 Å². The van der Waals surface area contributed by atoms with E-state index in [0.29, 0.717) is 0 Å². The quantitative estimate of drug-likeness (QED) is 0.531. The smallest absolute Gasteiger partial charge is 0.0931 e. The number of imidazole rings is 1. The molecule has 0 aliphatic heterocycles. The molecule has 2 aromatic carbocycles. The number of nitrogens with zero attached hydrogens (tertiary/aromatic N) is 1. The van der Waals surface area contributed by atoms with Gasteiger partial charge in [0.15, 0.2) is 0 Å². The molecule has 0 saturated heterocycles. The lowest BCUT2D eigenvalue weighted by Crippen LogP contribution is -1.73. The molecule has 0 amide bonds. The number of benzene rings is 2. The van der Waals surface area contributed by atoms with Crippen molar-refractivity contribution in [1.82, 2.24) is 9.97 Å². The summed E-state index contributed by atoms with van der Waals surface area (Å²) in [5.74, 6) is 0. The molecule has 0 bridgehead atoms. The van der Waals surface area contributed by atoms with Crippen LogP contribution < -0.4 is 0 Å². The maximum absolute atomic E-state index is 4.31. The highest BCUT2D eigenvalue weighted by molar-refractivity contribution is 7.22. The average molecular weight is 250 g/mol. The van der Waals surface area contributed by atoms with Crippen molar-refractivity contribution in [1.29, 1.82) is 0 Å². The minimum absolute atomic E-state index is 1.02. The second kappa shape index (κ2) is 3.68. The van der Waals surface area contributed by atoms with E-state index < -0.39 is 0 Å². The third kappa shape index (κ3) is 1.45. The molecule has 4 aromatic rings. The van der Waals surface area contributed by atoms with Crippen molar-refractivity contribution in [3.05, 3.63) is 54.9 Å². The van der Waals surface area contributed by atoms with Crippen LogP contribution >= 0.6 is 11.3 Å². The standard InChI is InChI=1S/C15H10N2S/c1-2-4-14-10(3-1)8-15(18-14)11-5-6-12-13(7-11)17-9-16-12/h1-9H,(H,16,17). The van der Waals surface area contributed by atoms with Crippen molar-refractivity contribution in [3.63, 3.8) is 0 Å². The van der Waals surface area contributed by atoms with E-state index in [4.69, 9.17) is 0 Å². The average Bonchev–Trinajstić information content (AvgIpc) is 3.04. The summed E-state index contributed by atoms with van der Waals surface area (Å²) in [7, 11) is 0. The predicted octanol–water partition coefficient (Wildman–Crippen LogP) is 4.44. The van der Waals surface area contributed by atoms with Gasteiger partial charge in [0.25, 0.3) is 0 Å². The fraction of sp³-hybridized carbons (Fsp3) is 0. The summed E-state index contributed by atoms with van der Waals surface area (Å²) in [6.45, 7) is 0. The Kier molecular flexibility index (Phi) is 2.02. The summed E-state index contributed by atoms with van der Waals surface area (Å²) in [5, 5.41) is 1.31. The Morgan fingerprint density at radius 3 is 2.89 bits per heavy atom. The summed E-state index contributed by atoms with van der Waals surface area (Å²) in [5.41, 5.74) is 3.33. The third-order valence-electron chi connectivity index (χ3n) is 3.13. The number of H-pyrrole nitrogens is 1. The summed E-state index contributed by atoms with van der Waals surface area (Å²) in [6.07, 6.45) is 1.74. The number of hydrogen-bond donors (Lipinski definition) is 1. The molecule has 86 valence electrons. The maximum atomic E-state index is 4.31. The second-order valence-corrected chi connectivity index (χ2v) is 5.37. The monoisotopic (exact) mass is 250 g/mol. The molecule has 0 aliphatic rings. The zero-order chi connectivity index (χ0) is 11.9. The van der Waals surface area contributed by atoms with Crippen molar-refractivity contribution >= 4 is 32.5 Å². The van der Waals surface area contributed by atoms with Gasteiger partial charge in [0.2, 0.25) is 0 Å². The molecular formula is C15H10N2S. The van der Waals surface area contributed by atoms with Gasteiger partial charge in [0.05, 0.1) is 17.4 Å². The van der Waals surface area contributed by atoms with Gasteiger partial charge in [-0.05, 0) is 35.2 Å². The normalized spacial score (nSPS) is 11.3. The van der Waals surface area contributed by atoms with E-state index in [1.807, 2.05) is 11.3 Å². The molecule has 0 unspecified atom stereocenters. The van der Waals surface area contributed by atoms with Gasteiger partial charge in [-0.3, -0.25) is 0 Å². The van der Waals surface area contributed by atoms with E-state index in [1.165, 1.54) is 20.5 Å². The van der Waals surface area contributed by atoms with E-state index in [1.54, 1.807) is 6.33 Å². The molecule has 0 spiro atoms. The fourth-order valence-corrected chi connectivity index (χ4v) is 3.27. The van der Waals surface area contributed by atoms with Gasteiger partial charge >= 0.3 is 0 Å². The lowest BCUT2D eigenvalue weighted by Gasteiger charge is -1.96. The Morgan fingerprint density at radius 1 is 1.00 bits per heavy atom. The number of aromatic nitrogens is 2. The van der Waals surface area contributed by atoms with E-state index in [-0.39, 0.29) is 0 Å². The van der Waals surface area contributed by atoms with E-state index in [2.05, 4.69) is 58.5 Å². The van der Waals surface area contributed by atoms with Gasteiger partial charge in [-0.2, -0.15) is 0 Å². The number of fused-ring (bicyclic) bond motifs is 2. The first-order valence-corrected chi connectivity index (χ1v) is 6.64. The molecule has 0 radical (unpaired) electrons. The topological polar surface area (TPSA) is 28.7 Å². The Labute approximate surface area is 108 Å². The summed E-state index contributed by atoms with van der Waals surface area (Å²) >= 11 is 1.82. The molecule has 18 heavy (non-hydrogen) atoms. The SMILES string of the molecule is c1ccc2sc(-c3ccc4[nH]cnc4c3)cc2c1. The zero-order valence-electron chi connectivity index (χ0n) is 9.55. The molecule has 2 aromatic heterocycles. The molecule has 0 fully saturated rings. The highest BCUT2D eigenvalue weighted by Crippen LogP contribution is 2.34. The van der Waals surface area contributed by atoms with Gasteiger partial charge in [0.1, 0.15) is 0 Å². The van der Waals surface area contributed by atoms with Crippen LogP contribution in [0, 0.1) is 0 Å². The van der Waals surface area contributed by atoms with E-state index >= 15 is 0 Å². The van der Waals surface area contributed by atoms with Crippen LogP contribution in [0.4, 0.5) is 0 Å². The van der Waals surface area contributed by atoms with Crippen LogP contribution in [0.3, 0.4) is 0 Å². The fourth-order valence-electron chi connectivity index (χ4n) is 2.21. The lowest BCUT2D eigenvalue weighted by molar-refractivity contribution is 1.34. The number of rotatable bonds is 1. The van der Waals surface area contributed by atoms with Crippen LogP contribution in [0.2, 0.25) is 0 Å². The van der Waals surface area contributed by atoms with Gasteiger partial charge in [-0.15, -0.1) is 11.3 Å². The van der Waals surface area contributed by atoms with Gasteiger partial charge in [-0.25, -0.2) is 4.98 Å². The Hall–Kier alpha value is -2.13. The first-order valence-electron chi connectivity index (χ1n) is 5.82. The predicted molar refractivity (Wildman–Crippen MR) is 76.9 cm³/mol. The van der Waals surface area contributed by atoms with E-state index in [9.17, 15) is 0 Å². The van der Waals surface area contributed by atoms with Crippen LogP contribution in [0.15, 0.2) is 54.9 Å². The van der Waals surface area contributed by atoms with Crippen LogP contribution in [0.25, 0.3) is 31.6 Å². The van der Waals surface area contributed by atoms with Crippen LogP contribution in [0.5, 0.6) is 0 Å². The minimum Gasteiger partial charge on any atom is -0.345 e. The Bertz CT molecular complexity index is 809. The van der Waals surface area contributed by atoms with Crippen molar-refractivity contribution in [2.24, 2.45) is 0 Å². The number of hydrogen-bond acceptors (Lipinski definition) is 2. The number of aromatic amines is 1. The molecule has 2 heterocycles. The lowest BCUT2D eigenvalue weighted by atomic mass is 10.1. The van der Waals surface area contributed by atoms with Gasteiger partial charge < -0.3 is 4.98 Å². The Morgan fingerprint density at radius 2 is 1.94 bits per heavy atom. The van der Waals surface area contributed by atoms with Crippen molar-refractivity contribution in [2.45, 2.75) is 0 Å². The molecule has 0 saturated carbocycles. The van der Waals surface area contributed by atoms with Crippen LogP contribution in [-0.4, -0.2) is 9.97 Å². The molecule has 2 nitrogen and oxygen atoms in total. The van der Waals surface area contributed by atoms with Crippen LogP contribution in [-0.2, 0) is 0 Å². The van der Waals surface area contributed by atoms with Crippen molar-refractivity contribution in [3.8, 4) is 10.4 Å². The number of thiophene rings is 1. The first kappa shape index (κ1) is 9.85. The highest BCUT2D eigenvalue weighted by Gasteiger charge is 2.05. The first-order chi connectivity index (χ1) is 8.90. The largest absolute Gasteiger partial charge is 0.345 e. The third-order valence-corrected chi connectivity index (χ3v) is 4.30. The highest BCUT2D eigenvalue weighted by atomic mass is 32.1. The molecule has 4 rings (SSSR count). The molecule has 0 aliphatic carbocycles. The van der Waals surface area contributed by atoms with Crippen LogP contribution in [0.1, 0.15) is 0 Å². The zero-order valence-corrected chi connectivity index (χ0v) is 10.4. The van der Waals surface area contributed by atoms with Crippen molar-refractivity contribution in [2.75, 3.05) is 0 Å². The minimum atomic E-state index is 1.02. The molecular weight excluding hydrogens is 240 g/mol.